The molecule has 0 aromatic carbocycles. The summed E-state index contributed by atoms with van der Waals surface area (Å²) in [6.07, 6.45) is 5.01. The highest BCUT2D eigenvalue weighted by atomic mass is 16.5. The van der Waals surface area contributed by atoms with E-state index >= 15 is 0 Å². The lowest BCUT2D eigenvalue weighted by Gasteiger charge is -2.29. The number of hydrogen-bond acceptors (Lipinski definition) is 3. The Bertz CT molecular complexity index is 119. The molecule has 0 spiro atoms. The standard InChI is InChI=1S/C9H20N2O/c1-12-7-6-11-9-5-3-2-4-8(9)10/h8-9,11H,2-7,10H2,1H3/t8-,9+/m1/s1. The first kappa shape index (κ1) is 9.96. The molecule has 1 aliphatic carbocycles. The number of rotatable bonds is 4. The van der Waals surface area contributed by atoms with E-state index in [9.17, 15) is 0 Å². The van der Waals surface area contributed by atoms with E-state index in [1.54, 1.807) is 7.11 Å². The smallest absolute Gasteiger partial charge is 0.0587 e. The molecule has 0 aliphatic heterocycles. The molecular weight excluding hydrogens is 152 g/mol. The van der Waals surface area contributed by atoms with Crippen LogP contribution in [0.5, 0.6) is 0 Å². The van der Waals surface area contributed by atoms with Crippen molar-refractivity contribution in [3.05, 3.63) is 0 Å². The molecule has 0 amide bonds. The molecule has 0 saturated heterocycles. The molecule has 1 saturated carbocycles. The Kier molecular flexibility index (Phi) is 4.58. The predicted molar refractivity (Wildman–Crippen MR) is 50.1 cm³/mol. The van der Waals surface area contributed by atoms with Crippen LogP contribution in [0.3, 0.4) is 0 Å². The van der Waals surface area contributed by atoms with E-state index < -0.39 is 0 Å². The van der Waals surface area contributed by atoms with Gasteiger partial charge in [-0.3, -0.25) is 0 Å². The minimum Gasteiger partial charge on any atom is -0.383 e. The second kappa shape index (κ2) is 5.51. The van der Waals surface area contributed by atoms with Gasteiger partial charge in [0.25, 0.3) is 0 Å². The van der Waals surface area contributed by atoms with E-state index in [0.29, 0.717) is 12.1 Å². The number of ether oxygens (including phenoxy) is 1. The van der Waals surface area contributed by atoms with Gasteiger partial charge in [0.05, 0.1) is 6.61 Å². The Balaban J connectivity index is 2.11. The van der Waals surface area contributed by atoms with Crippen molar-refractivity contribution in [2.75, 3.05) is 20.3 Å². The van der Waals surface area contributed by atoms with Gasteiger partial charge < -0.3 is 15.8 Å². The molecule has 1 fully saturated rings. The van der Waals surface area contributed by atoms with Crippen molar-refractivity contribution >= 4 is 0 Å². The minimum absolute atomic E-state index is 0.357. The normalized spacial score (nSPS) is 30.5. The van der Waals surface area contributed by atoms with Crippen molar-refractivity contribution in [2.45, 2.75) is 37.8 Å². The van der Waals surface area contributed by atoms with Gasteiger partial charge in [-0.1, -0.05) is 12.8 Å². The zero-order valence-corrected chi connectivity index (χ0v) is 7.88. The molecule has 0 radical (unpaired) electrons. The molecule has 1 rings (SSSR count). The summed E-state index contributed by atoms with van der Waals surface area (Å²) in [5.74, 6) is 0. The maximum absolute atomic E-state index is 5.96. The number of nitrogens with one attached hydrogen (secondary N) is 1. The minimum atomic E-state index is 0.357. The van der Waals surface area contributed by atoms with Gasteiger partial charge >= 0.3 is 0 Å². The van der Waals surface area contributed by atoms with Crippen LogP contribution in [0, 0.1) is 0 Å². The van der Waals surface area contributed by atoms with Crippen molar-refractivity contribution in [1.29, 1.82) is 0 Å². The predicted octanol–water partition coefficient (Wildman–Crippen LogP) is 0.492. The third-order valence-electron chi connectivity index (χ3n) is 2.53. The van der Waals surface area contributed by atoms with Gasteiger partial charge in [0, 0.05) is 25.7 Å². The summed E-state index contributed by atoms with van der Waals surface area (Å²) in [6.45, 7) is 1.71. The molecule has 2 atom stereocenters. The first-order valence-electron chi connectivity index (χ1n) is 4.82. The third kappa shape index (κ3) is 3.09. The topological polar surface area (TPSA) is 47.3 Å². The van der Waals surface area contributed by atoms with E-state index in [0.717, 1.165) is 13.2 Å². The van der Waals surface area contributed by atoms with Gasteiger partial charge in [0.15, 0.2) is 0 Å². The van der Waals surface area contributed by atoms with Gasteiger partial charge in [-0.15, -0.1) is 0 Å². The average molecular weight is 172 g/mol. The van der Waals surface area contributed by atoms with Crippen LogP contribution in [0.25, 0.3) is 0 Å². The van der Waals surface area contributed by atoms with E-state index in [4.69, 9.17) is 10.5 Å². The summed E-state index contributed by atoms with van der Waals surface area (Å²) in [6, 6.07) is 0.879. The van der Waals surface area contributed by atoms with Crippen LogP contribution in [0.15, 0.2) is 0 Å². The quantitative estimate of drug-likeness (QED) is 0.607. The first-order chi connectivity index (χ1) is 5.84. The molecule has 0 unspecified atom stereocenters. The number of methoxy groups -OCH3 is 1. The SMILES string of the molecule is COCCN[C@H]1CCCC[C@H]1N. The van der Waals surface area contributed by atoms with Gasteiger partial charge in [-0.2, -0.15) is 0 Å². The maximum atomic E-state index is 5.96. The molecule has 72 valence electrons. The Morgan fingerprint density at radius 2 is 2.17 bits per heavy atom. The Morgan fingerprint density at radius 1 is 1.42 bits per heavy atom. The van der Waals surface area contributed by atoms with E-state index in [1.165, 1.54) is 25.7 Å². The fourth-order valence-electron chi connectivity index (χ4n) is 1.76. The summed E-state index contributed by atoms with van der Waals surface area (Å²) in [5.41, 5.74) is 5.96. The first-order valence-corrected chi connectivity index (χ1v) is 4.82. The fraction of sp³-hybridized carbons (Fsp3) is 1.00. The zero-order chi connectivity index (χ0) is 8.81. The Morgan fingerprint density at radius 3 is 2.83 bits per heavy atom. The van der Waals surface area contributed by atoms with E-state index in [1.807, 2.05) is 0 Å². The van der Waals surface area contributed by atoms with Crippen LogP contribution >= 0.6 is 0 Å². The van der Waals surface area contributed by atoms with Gasteiger partial charge in [0.2, 0.25) is 0 Å². The molecule has 3 nitrogen and oxygen atoms in total. The van der Waals surface area contributed by atoms with Crippen molar-refractivity contribution in [3.8, 4) is 0 Å². The van der Waals surface area contributed by atoms with Crippen LogP contribution in [-0.2, 0) is 4.74 Å². The van der Waals surface area contributed by atoms with Crippen LogP contribution in [0.2, 0.25) is 0 Å². The fourth-order valence-corrected chi connectivity index (χ4v) is 1.76. The zero-order valence-electron chi connectivity index (χ0n) is 7.88. The monoisotopic (exact) mass is 172 g/mol. The molecule has 1 aliphatic rings. The number of hydrogen-bond donors (Lipinski definition) is 2. The van der Waals surface area contributed by atoms with Gasteiger partial charge in [-0.25, -0.2) is 0 Å². The lowest BCUT2D eigenvalue weighted by Crippen LogP contribution is -2.47. The van der Waals surface area contributed by atoms with Crippen LogP contribution < -0.4 is 11.1 Å². The van der Waals surface area contributed by atoms with Crippen molar-refractivity contribution < 1.29 is 4.74 Å². The second-order valence-electron chi connectivity index (χ2n) is 3.50. The lowest BCUT2D eigenvalue weighted by molar-refractivity contribution is 0.189. The molecule has 3 N–H and O–H groups in total. The molecule has 0 aromatic heterocycles. The van der Waals surface area contributed by atoms with Crippen LogP contribution in [0.4, 0.5) is 0 Å². The molecule has 0 bridgehead atoms. The largest absolute Gasteiger partial charge is 0.383 e. The molecule has 3 heteroatoms. The molecular formula is C9H20N2O. The summed E-state index contributed by atoms with van der Waals surface area (Å²) in [4.78, 5) is 0. The highest BCUT2D eigenvalue weighted by Crippen LogP contribution is 2.16. The lowest BCUT2D eigenvalue weighted by atomic mass is 9.91. The van der Waals surface area contributed by atoms with Crippen LogP contribution in [-0.4, -0.2) is 32.3 Å². The van der Waals surface area contributed by atoms with Crippen molar-refractivity contribution in [1.82, 2.24) is 5.32 Å². The molecule has 12 heavy (non-hydrogen) atoms. The molecule has 0 heterocycles. The Hall–Kier alpha value is -0.120. The number of nitrogens with two attached hydrogens (primary N) is 1. The summed E-state index contributed by atoms with van der Waals surface area (Å²) < 4.78 is 4.96. The average Bonchev–Trinajstić information content (AvgIpc) is 2.09. The highest BCUT2D eigenvalue weighted by molar-refractivity contribution is 4.83. The van der Waals surface area contributed by atoms with Gasteiger partial charge in [0.1, 0.15) is 0 Å². The van der Waals surface area contributed by atoms with Crippen LogP contribution in [0.1, 0.15) is 25.7 Å². The summed E-state index contributed by atoms with van der Waals surface area (Å²) in [7, 11) is 1.72. The van der Waals surface area contributed by atoms with E-state index in [2.05, 4.69) is 5.32 Å². The summed E-state index contributed by atoms with van der Waals surface area (Å²) >= 11 is 0. The third-order valence-corrected chi connectivity index (χ3v) is 2.53. The van der Waals surface area contributed by atoms with E-state index in [-0.39, 0.29) is 0 Å². The molecule has 0 aromatic rings. The van der Waals surface area contributed by atoms with Gasteiger partial charge in [-0.05, 0) is 12.8 Å². The van der Waals surface area contributed by atoms with Crippen molar-refractivity contribution in [3.63, 3.8) is 0 Å². The maximum Gasteiger partial charge on any atom is 0.0587 e. The van der Waals surface area contributed by atoms with Crippen molar-refractivity contribution in [2.24, 2.45) is 5.73 Å². The Labute approximate surface area is 74.7 Å². The highest BCUT2D eigenvalue weighted by Gasteiger charge is 2.20. The summed E-state index contributed by atoms with van der Waals surface area (Å²) in [5, 5.41) is 3.42. The second-order valence-corrected chi connectivity index (χ2v) is 3.50.